The molecule has 0 saturated carbocycles. The highest BCUT2D eigenvalue weighted by Gasteiger charge is 2.06. The molecule has 0 bridgehead atoms. The van der Waals surface area contributed by atoms with Crippen LogP contribution in [0.5, 0.6) is 5.75 Å². The normalized spacial score (nSPS) is 9.90. The molecule has 0 aliphatic heterocycles. The maximum atomic E-state index is 13.2. The summed E-state index contributed by atoms with van der Waals surface area (Å²) >= 11 is 0. The van der Waals surface area contributed by atoms with E-state index < -0.39 is 11.8 Å². The first kappa shape index (κ1) is 14.5. The third kappa shape index (κ3) is 4.05. The van der Waals surface area contributed by atoms with Crippen LogP contribution in [0.3, 0.4) is 0 Å². The van der Waals surface area contributed by atoms with Gasteiger partial charge in [-0.1, -0.05) is 12.1 Å². The number of halogens is 1. The van der Waals surface area contributed by atoms with Crippen molar-refractivity contribution in [1.29, 1.82) is 5.26 Å². The minimum absolute atomic E-state index is 0.0389. The van der Waals surface area contributed by atoms with Gasteiger partial charge in [0.25, 0.3) is 0 Å². The number of nitriles is 1. The average Bonchev–Trinajstić information content (AvgIpc) is 2.45. The molecule has 2 rings (SSSR count). The lowest BCUT2D eigenvalue weighted by atomic mass is 10.1. The van der Waals surface area contributed by atoms with Gasteiger partial charge in [-0.3, -0.25) is 4.79 Å². The molecule has 5 heteroatoms. The second-order valence-corrected chi connectivity index (χ2v) is 4.42. The van der Waals surface area contributed by atoms with Crippen LogP contribution in [0.4, 0.5) is 4.39 Å². The fraction of sp³-hybridized carbons (Fsp3) is 0.125. The molecule has 0 aliphatic carbocycles. The molecule has 0 saturated heterocycles. The lowest BCUT2D eigenvalue weighted by Gasteiger charge is -2.09. The summed E-state index contributed by atoms with van der Waals surface area (Å²) in [6, 6.07) is 12.5. The van der Waals surface area contributed by atoms with Crippen molar-refractivity contribution in [3.8, 4) is 11.8 Å². The van der Waals surface area contributed by atoms with Gasteiger partial charge in [0.1, 0.15) is 18.2 Å². The van der Waals surface area contributed by atoms with E-state index in [0.29, 0.717) is 22.4 Å². The van der Waals surface area contributed by atoms with Gasteiger partial charge in [-0.2, -0.15) is 5.26 Å². The summed E-state index contributed by atoms with van der Waals surface area (Å²) in [5.41, 5.74) is 1.40. The van der Waals surface area contributed by atoms with Crippen LogP contribution >= 0.6 is 0 Å². The Morgan fingerprint density at radius 3 is 2.81 bits per heavy atom. The third-order valence-corrected chi connectivity index (χ3v) is 2.84. The van der Waals surface area contributed by atoms with E-state index in [4.69, 9.17) is 15.1 Å². The molecule has 0 amide bonds. The highest BCUT2D eigenvalue weighted by atomic mass is 19.1. The van der Waals surface area contributed by atoms with Crippen LogP contribution in [0.1, 0.15) is 16.7 Å². The number of benzene rings is 2. The molecule has 0 unspecified atom stereocenters. The molecule has 0 aliphatic rings. The minimum atomic E-state index is -0.927. The van der Waals surface area contributed by atoms with Gasteiger partial charge in [-0.05, 0) is 35.9 Å². The number of aliphatic carboxylic acids is 1. The van der Waals surface area contributed by atoms with Crippen molar-refractivity contribution >= 4 is 5.97 Å². The maximum absolute atomic E-state index is 13.2. The Kier molecular flexibility index (Phi) is 4.52. The fourth-order valence-electron chi connectivity index (χ4n) is 1.87. The Morgan fingerprint density at radius 1 is 1.29 bits per heavy atom. The number of hydrogen-bond donors (Lipinski definition) is 1. The van der Waals surface area contributed by atoms with Gasteiger partial charge in [0, 0.05) is 5.56 Å². The quantitative estimate of drug-likeness (QED) is 0.917. The van der Waals surface area contributed by atoms with Gasteiger partial charge in [-0.25, -0.2) is 4.39 Å². The van der Waals surface area contributed by atoms with Gasteiger partial charge in [0.05, 0.1) is 18.1 Å². The van der Waals surface area contributed by atoms with E-state index in [1.54, 1.807) is 24.3 Å². The van der Waals surface area contributed by atoms with Crippen molar-refractivity contribution < 1.29 is 19.0 Å². The third-order valence-electron chi connectivity index (χ3n) is 2.84. The molecule has 2 aromatic rings. The standard InChI is InChI=1S/C16H12FNO3/c17-14-5-4-12(9-18)13(8-14)10-21-15-3-1-2-11(6-15)7-16(19)20/h1-6,8H,7,10H2,(H,19,20). The van der Waals surface area contributed by atoms with Crippen molar-refractivity contribution in [2.45, 2.75) is 13.0 Å². The molecule has 0 heterocycles. The second-order valence-electron chi connectivity index (χ2n) is 4.42. The number of nitrogens with zero attached hydrogens (tertiary/aromatic N) is 1. The zero-order chi connectivity index (χ0) is 15.2. The summed E-state index contributed by atoms with van der Waals surface area (Å²) in [5, 5.41) is 17.7. The number of hydrogen-bond acceptors (Lipinski definition) is 3. The molecule has 0 atom stereocenters. The summed E-state index contributed by atoms with van der Waals surface area (Å²) < 4.78 is 18.7. The predicted octanol–water partition coefficient (Wildman–Crippen LogP) is 2.90. The van der Waals surface area contributed by atoms with Gasteiger partial charge < -0.3 is 9.84 Å². The summed E-state index contributed by atoms with van der Waals surface area (Å²) in [5.74, 6) is -0.891. The minimum Gasteiger partial charge on any atom is -0.489 e. The van der Waals surface area contributed by atoms with E-state index in [1.165, 1.54) is 18.2 Å². The Balaban J connectivity index is 2.11. The van der Waals surface area contributed by atoms with Crippen LogP contribution < -0.4 is 4.74 Å². The molecule has 0 aromatic heterocycles. The molecule has 0 spiro atoms. The average molecular weight is 285 g/mol. The zero-order valence-electron chi connectivity index (χ0n) is 11.0. The topological polar surface area (TPSA) is 70.3 Å². The number of carboxylic acid groups (broad SMARTS) is 1. The largest absolute Gasteiger partial charge is 0.489 e. The summed E-state index contributed by atoms with van der Waals surface area (Å²) in [6.07, 6.45) is -0.0966. The molecular weight excluding hydrogens is 273 g/mol. The van der Waals surface area contributed by atoms with Crippen LogP contribution in [0.25, 0.3) is 0 Å². The van der Waals surface area contributed by atoms with E-state index in [2.05, 4.69) is 0 Å². The Bertz CT molecular complexity index is 707. The lowest BCUT2D eigenvalue weighted by molar-refractivity contribution is -0.136. The van der Waals surface area contributed by atoms with Crippen LogP contribution in [0.2, 0.25) is 0 Å². The fourth-order valence-corrected chi connectivity index (χ4v) is 1.87. The second kappa shape index (κ2) is 6.53. The van der Waals surface area contributed by atoms with Gasteiger partial charge >= 0.3 is 5.97 Å². The van der Waals surface area contributed by atoms with Crippen LogP contribution in [0, 0.1) is 17.1 Å². The van der Waals surface area contributed by atoms with Gasteiger partial charge in [0.15, 0.2) is 0 Å². The Hall–Kier alpha value is -2.87. The van der Waals surface area contributed by atoms with Crippen molar-refractivity contribution in [2.24, 2.45) is 0 Å². The van der Waals surface area contributed by atoms with E-state index in [9.17, 15) is 9.18 Å². The van der Waals surface area contributed by atoms with E-state index in [0.717, 1.165) is 0 Å². The highest BCUT2D eigenvalue weighted by Crippen LogP contribution is 2.17. The van der Waals surface area contributed by atoms with Crippen LogP contribution in [-0.2, 0) is 17.8 Å². The maximum Gasteiger partial charge on any atom is 0.307 e. The summed E-state index contributed by atoms with van der Waals surface area (Å²) in [7, 11) is 0. The zero-order valence-corrected chi connectivity index (χ0v) is 11.0. The van der Waals surface area contributed by atoms with Crippen molar-refractivity contribution in [3.05, 3.63) is 65.0 Å². The SMILES string of the molecule is N#Cc1ccc(F)cc1COc1cccc(CC(=O)O)c1. The first-order valence-corrected chi connectivity index (χ1v) is 6.20. The molecule has 21 heavy (non-hydrogen) atoms. The molecule has 106 valence electrons. The number of carbonyl (C=O) groups is 1. The molecule has 0 radical (unpaired) electrons. The van der Waals surface area contributed by atoms with E-state index >= 15 is 0 Å². The molecule has 1 N–H and O–H groups in total. The molecule has 0 fully saturated rings. The Labute approximate surface area is 121 Å². The van der Waals surface area contributed by atoms with Crippen LogP contribution in [0.15, 0.2) is 42.5 Å². The first-order valence-electron chi connectivity index (χ1n) is 6.20. The summed E-state index contributed by atoms with van der Waals surface area (Å²) in [6.45, 7) is 0.0389. The first-order chi connectivity index (χ1) is 10.1. The predicted molar refractivity (Wildman–Crippen MR) is 73.2 cm³/mol. The summed E-state index contributed by atoms with van der Waals surface area (Å²) in [4.78, 5) is 10.7. The highest BCUT2D eigenvalue weighted by molar-refractivity contribution is 5.70. The molecular formula is C16H12FNO3. The van der Waals surface area contributed by atoms with E-state index in [1.807, 2.05) is 6.07 Å². The molecule has 2 aromatic carbocycles. The number of rotatable bonds is 5. The van der Waals surface area contributed by atoms with Crippen LogP contribution in [-0.4, -0.2) is 11.1 Å². The van der Waals surface area contributed by atoms with Crippen molar-refractivity contribution in [2.75, 3.05) is 0 Å². The van der Waals surface area contributed by atoms with E-state index in [-0.39, 0.29) is 13.0 Å². The lowest BCUT2D eigenvalue weighted by Crippen LogP contribution is -2.02. The van der Waals surface area contributed by atoms with Gasteiger partial charge in [-0.15, -0.1) is 0 Å². The smallest absolute Gasteiger partial charge is 0.307 e. The molecule has 4 nitrogen and oxygen atoms in total. The Morgan fingerprint density at radius 2 is 2.10 bits per heavy atom. The van der Waals surface area contributed by atoms with Gasteiger partial charge in [0.2, 0.25) is 0 Å². The monoisotopic (exact) mass is 285 g/mol. The number of ether oxygens (including phenoxy) is 1. The van der Waals surface area contributed by atoms with Crippen molar-refractivity contribution in [1.82, 2.24) is 0 Å². The van der Waals surface area contributed by atoms with Crippen molar-refractivity contribution in [3.63, 3.8) is 0 Å². The number of carboxylic acids is 1.